The van der Waals surface area contributed by atoms with Crippen LogP contribution in [0.25, 0.3) is 11.0 Å². The third kappa shape index (κ3) is 2.49. The van der Waals surface area contributed by atoms with Crippen molar-refractivity contribution in [2.24, 2.45) is 5.92 Å². The first-order chi connectivity index (χ1) is 9.24. The number of rotatable bonds is 3. The fourth-order valence-electron chi connectivity index (χ4n) is 2.63. The van der Waals surface area contributed by atoms with Crippen molar-refractivity contribution >= 4 is 22.4 Å². The van der Waals surface area contributed by atoms with Gasteiger partial charge in [-0.15, -0.1) is 0 Å². The van der Waals surface area contributed by atoms with Crippen LogP contribution in [-0.2, 0) is 0 Å². The molecule has 1 aliphatic rings. The number of aliphatic hydroxyl groups excluding tert-OH is 1. The molecule has 3 rings (SSSR count). The highest BCUT2D eigenvalue weighted by Gasteiger charge is 2.19. The Bertz CT molecular complexity index is 561. The van der Waals surface area contributed by atoms with E-state index >= 15 is 0 Å². The van der Waals surface area contributed by atoms with Crippen LogP contribution >= 0.6 is 0 Å². The molecule has 1 aromatic heterocycles. The van der Waals surface area contributed by atoms with E-state index in [1.54, 1.807) is 6.07 Å². The monoisotopic (exact) mass is 262 g/mol. The molecule has 1 saturated carbocycles. The van der Waals surface area contributed by atoms with Crippen LogP contribution in [0, 0.1) is 5.92 Å². The van der Waals surface area contributed by atoms with Crippen LogP contribution in [-0.4, -0.2) is 28.1 Å². The average Bonchev–Trinajstić information content (AvgIpc) is 2.90. The van der Waals surface area contributed by atoms with Crippen molar-refractivity contribution in [2.75, 3.05) is 17.6 Å². The van der Waals surface area contributed by atoms with Crippen LogP contribution in [0.3, 0.4) is 0 Å². The molecular weight excluding hydrogens is 244 g/mol. The van der Waals surface area contributed by atoms with E-state index in [1.807, 2.05) is 6.07 Å². The van der Waals surface area contributed by atoms with Crippen molar-refractivity contribution < 1.29 is 9.74 Å². The third-order valence-corrected chi connectivity index (χ3v) is 3.84. The van der Waals surface area contributed by atoms with E-state index in [0.717, 1.165) is 37.9 Å². The molecule has 0 spiro atoms. The summed E-state index contributed by atoms with van der Waals surface area (Å²) in [5, 5.41) is 20.6. The standard InChI is InChI=1S/C13H18N4O2/c14-10-5-6-11(13-12(10)16-19-17-13)15-7-8-1-3-9(18)4-2-8/h5-6,8-9,15,18H,1-4,7,14H2. The maximum absolute atomic E-state index is 9.49. The van der Waals surface area contributed by atoms with Gasteiger partial charge in [0.05, 0.1) is 17.5 Å². The van der Waals surface area contributed by atoms with Gasteiger partial charge in [0.25, 0.3) is 0 Å². The van der Waals surface area contributed by atoms with Gasteiger partial charge in [-0.25, -0.2) is 4.63 Å². The molecule has 0 amide bonds. The summed E-state index contributed by atoms with van der Waals surface area (Å²) in [6.07, 6.45) is 3.80. The molecule has 1 aromatic carbocycles. The Labute approximate surface area is 110 Å². The van der Waals surface area contributed by atoms with Crippen molar-refractivity contribution in [1.29, 1.82) is 0 Å². The summed E-state index contributed by atoms with van der Waals surface area (Å²) < 4.78 is 4.74. The molecule has 102 valence electrons. The van der Waals surface area contributed by atoms with Crippen molar-refractivity contribution in [3.63, 3.8) is 0 Å². The highest BCUT2D eigenvalue weighted by atomic mass is 16.6. The molecule has 2 aromatic rings. The van der Waals surface area contributed by atoms with E-state index in [0.29, 0.717) is 22.6 Å². The number of aliphatic hydroxyl groups is 1. The number of hydrogen-bond donors (Lipinski definition) is 3. The molecule has 0 radical (unpaired) electrons. The topological polar surface area (TPSA) is 97.2 Å². The Morgan fingerprint density at radius 2 is 1.95 bits per heavy atom. The summed E-state index contributed by atoms with van der Waals surface area (Å²) in [6.45, 7) is 0.874. The number of anilines is 2. The predicted octanol–water partition coefficient (Wildman–Crippen LogP) is 1.77. The molecular formula is C13H18N4O2. The number of nitrogen functional groups attached to an aromatic ring is 1. The maximum Gasteiger partial charge on any atom is 0.160 e. The van der Waals surface area contributed by atoms with Crippen molar-refractivity contribution in [3.8, 4) is 0 Å². The minimum atomic E-state index is -0.112. The molecule has 1 fully saturated rings. The van der Waals surface area contributed by atoms with E-state index in [2.05, 4.69) is 15.6 Å². The molecule has 6 nitrogen and oxygen atoms in total. The fraction of sp³-hybridized carbons (Fsp3) is 0.538. The molecule has 0 unspecified atom stereocenters. The highest BCUT2D eigenvalue weighted by Crippen LogP contribution is 2.28. The van der Waals surface area contributed by atoms with Crippen molar-refractivity contribution in [3.05, 3.63) is 12.1 Å². The minimum absolute atomic E-state index is 0.112. The van der Waals surface area contributed by atoms with E-state index in [9.17, 15) is 5.11 Å². The molecule has 19 heavy (non-hydrogen) atoms. The number of nitrogens with two attached hydrogens (primary N) is 1. The van der Waals surface area contributed by atoms with Crippen LogP contribution in [0.2, 0.25) is 0 Å². The SMILES string of the molecule is Nc1ccc(NCC2CCC(O)CC2)c2nonc12. The minimum Gasteiger partial charge on any atom is -0.397 e. The quantitative estimate of drug-likeness (QED) is 0.729. The normalized spacial score (nSPS) is 23.6. The number of aromatic nitrogens is 2. The number of benzene rings is 1. The van der Waals surface area contributed by atoms with Crippen molar-refractivity contribution in [1.82, 2.24) is 10.3 Å². The molecule has 4 N–H and O–H groups in total. The summed E-state index contributed by atoms with van der Waals surface area (Å²) in [7, 11) is 0. The fourth-order valence-corrected chi connectivity index (χ4v) is 2.63. The first kappa shape index (κ1) is 12.2. The zero-order valence-corrected chi connectivity index (χ0v) is 10.7. The Morgan fingerprint density at radius 1 is 1.21 bits per heavy atom. The summed E-state index contributed by atoms with van der Waals surface area (Å²) >= 11 is 0. The molecule has 6 heteroatoms. The Hall–Kier alpha value is -1.82. The van der Waals surface area contributed by atoms with Crippen LogP contribution in [0.1, 0.15) is 25.7 Å². The molecule has 0 atom stereocenters. The lowest BCUT2D eigenvalue weighted by Gasteiger charge is -2.25. The van der Waals surface area contributed by atoms with Crippen LogP contribution in [0.15, 0.2) is 16.8 Å². The van der Waals surface area contributed by atoms with Gasteiger partial charge in [-0.05, 0) is 54.0 Å². The van der Waals surface area contributed by atoms with Gasteiger partial charge in [0.2, 0.25) is 0 Å². The van der Waals surface area contributed by atoms with Gasteiger partial charge in [-0.1, -0.05) is 0 Å². The zero-order chi connectivity index (χ0) is 13.2. The van der Waals surface area contributed by atoms with Crippen LogP contribution in [0.4, 0.5) is 11.4 Å². The van der Waals surface area contributed by atoms with Gasteiger partial charge in [0, 0.05) is 6.54 Å². The van der Waals surface area contributed by atoms with E-state index < -0.39 is 0 Å². The van der Waals surface area contributed by atoms with Gasteiger partial charge in [0.1, 0.15) is 0 Å². The van der Waals surface area contributed by atoms with Gasteiger partial charge >= 0.3 is 0 Å². The van der Waals surface area contributed by atoms with Crippen LogP contribution in [0.5, 0.6) is 0 Å². The first-order valence-corrected chi connectivity index (χ1v) is 6.66. The van der Waals surface area contributed by atoms with Gasteiger partial charge in [-0.3, -0.25) is 0 Å². The first-order valence-electron chi connectivity index (χ1n) is 6.66. The van der Waals surface area contributed by atoms with Gasteiger partial charge in [0.15, 0.2) is 11.0 Å². The molecule has 1 aliphatic carbocycles. The molecule has 1 heterocycles. The lowest BCUT2D eigenvalue weighted by molar-refractivity contribution is 0.111. The van der Waals surface area contributed by atoms with Gasteiger partial charge in [-0.2, -0.15) is 0 Å². The smallest absolute Gasteiger partial charge is 0.160 e. The summed E-state index contributed by atoms with van der Waals surface area (Å²) in [4.78, 5) is 0. The molecule has 0 saturated heterocycles. The number of nitrogens with zero attached hydrogens (tertiary/aromatic N) is 2. The number of fused-ring (bicyclic) bond motifs is 1. The Morgan fingerprint density at radius 3 is 2.74 bits per heavy atom. The highest BCUT2D eigenvalue weighted by molar-refractivity contribution is 5.94. The molecule has 0 aliphatic heterocycles. The number of nitrogens with one attached hydrogen (secondary N) is 1. The van der Waals surface area contributed by atoms with E-state index in [4.69, 9.17) is 10.4 Å². The van der Waals surface area contributed by atoms with Crippen molar-refractivity contribution in [2.45, 2.75) is 31.8 Å². The van der Waals surface area contributed by atoms with Crippen LogP contribution < -0.4 is 11.1 Å². The number of hydrogen-bond acceptors (Lipinski definition) is 6. The lowest BCUT2D eigenvalue weighted by Crippen LogP contribution is -2.23. The largest absolute Gasteiger partial charge is 0.397 e. The second-order valence-electron chi connectivity index (χ2n) is 5.22. The summed E-state index contributed by atoms with van der Waals surface area (Å²) in [5.74, 6) is 0.593. The summed E-state index contributed by atoms with van der Waals surface area (Å²) in [6, 6.07) is 3.71. The van der Waals surface area contributed by atoms with E-state index in [-0.39, 0.29) is 6.10 Å². The Kier molecular flexibility index (Phi) is 3.25. The Balaban J connectivity index is 1.69. The zero-order valence-electron chi connectivity index (χ0n) is 10.7. The van der Waals surface area contributed by atoms with Gasteiger partial charge < -0.3 is 16.2 Å². The molecule has 0 bridgehead atoms. The third-order valence-electron chi connectivity index (χ3n) is 3.84. The lowest BCUT2D eigenvalue weighted by atomic mass is 9.87. The maximum atomic E-state index is 9.49. The second-order valence-corrected chi connectivity index (χ2v) is 5.22. The average molecular weight is 262 g/mol. The van der Waals surface area contributed by atoms with E-state index in [1.165, 1.54) is 0 Å². The second kappa shape index (κ2) is 5.05. The summed E-state index contributed by atoms with van der Waals surface area (Å²) in [5.41, 5.74) is 8.55. The predicted molar refractivity (Wildman–Crippen MR) is 72.7 cm³/mol.